The van der Waals surface area contributed by atoms with Crippen molar-refractivity contribution < 1.29 is 9.53 Å². The van der Waals surface area contributed by atoms with Gasteiger partial charge in [-0.25, -0.2) is 4.79 Å². The zero-order valence-electron chi connectivity index (χ0n) is 13.2. The molecule has 24 heavy (non-hydrogen) atoms. The van der Waals surface area contributed by atoms with Crippen molar-refractivity contribution in [3.63, 3.8) is 0 Å². The van der Waals surface area contributed by atoms with Crippen molar-refractivity contribution in [3.8, 4) is 0 Å². The van der Waals surface area contributed by atoms with Crippen LogP contribution in [0.3, 0.4) is 0 Å². The number of fused-ring (bicyclic) bond motifs is 1. The summed E-state index contributed by atoms with van der Waals surface area (Å²) in [4.78, 5) is 12.5. The molecule has 0 N–H and O–H groups in total. The van der Waals surface area contributed by atoms with E-state index in [1.54, 1.807) is 0 Å². The second-order valence-corrected chi connectivity index (χ2v) is 6.40. The molecule has 0 radical (unpaired) electrons. The highest BCUT2D eigenvalue weighted by atomic mass is 35.5. The molecule has 0 aliphatic carbocycles. The molecule has 1 atom stereocenters. The lowest BCUT2D eigenvalue weighted by atomic mass is 10.1. The van der Waals surface area contributed by atoms with Gasteiger partial charge in [0.15, 0.2) is 0 Å². The molecule has 1 aromatic heterocycles. The van der Waals surface area contributed by atoms with Gasteiger partial charge >= 0.3 is 5.97 Å². The van der Waals surface area contributed by atoms with Crippen molar-refractivity contribution in [2.24, 2.45) is 0 Å². The highest BCUT2D eigenvalue weighted by molar-refractivity contribution is 6.31. The number of hydrogen-bond donors (Lipinski definition) is 0. The van der Waals surface area contributed by atoms with Crippen LogP contribution >= 0.6 is 23.2 Å². The number of nitrogens with zero attached hydrogens (tertiary/aromatic N) is 1. The molecule has 0 spiro atoms. The molecule has 0 aliphatic rings. The van der Waals surface area contributed by atoms with Gasteiger partial charge < -0.3 is 9.30 Å². The molecule has 0 fully saturated rings. The number of hydrogen-bond acceptors (Lipinski definition) is 2. The lowest BCUT2D eigenvalue weighted by Crippen LogP contribution is -2.23. The molecule has 1 heterocycles. The van der Waals surface area contributed by atoms with Crippen LogP contribution in [-0.2, 0) is 16.0 Å². The fraction of sp³-hybridized carbons (Fsp3) is 0.211. The Hall–Kier alpha value is -1.97. The van der Waals surface area contributed by atoms with Gasteiger partial charge in [0.05, 0.1) is 12.1 Å². The van der Waals surface area contributed by atoms with Crippen molar-refractivity contribution in [1.29, 1.82) is 0 Å². The maximum Gasteiger partial charge on any atom is 0.329 e. The van der Waals surface area contributed by atoms with Gasteiger partial charge in [-0.2, -0.15) is 0 Å². The van der Waals surface area contributed by atoms with Crippen LogP contribution in [0.15, 0.2) is 54.7 Å². The summed E-state index contributed by atoms with van der Waals surface area (Å²) in [5.41, 5.74) is 1.93. The van der Waals surface area contributed by atoms with Crippen LogP contribution in [0.25, 0.3) is 10.9 Å². The Morgan fingerprint density at radius 3 is 2.50 bits per heavy atom. The maximum absolute atomic E-state index is 12.5. The third-order valence-electron chi connectivity index (χ3n) is 3.92. The SMILES string of the molecule is CCOC(=O)C(Cc1ccc(Cl)cc1)n1ccc2ccc(Cl)cc21. The van der Waals surface area contributed by atoms with E-state index in [0.717, 1.165) is 16.5 Å². The van der Waals surface area contributed by atoms with Crippen LogP contribution in [0.2, 0.25) is 10.0 Å². The average Bonchev–Trinajstić information content (AvgIpc) is 2.97. The van der Waals surface area contributed by atoms with Gasteiger partial charge in [0, 0.05) is 22.7 Å². The van der Waals surface area contributed by atoms with Gasteiger partial charge in [0.25, 0.3) is 0 Å². The largest absolute Gasteiger partial charge is 0.464 e. The first kappa shape index (κ1) is 16.9. The van der Waals surface area contributed by atoms with Crippen molar-refractivity contribution >= 4 is 40.1 Å². The Kier molecular flexibility index (Phi) is 5.12. The predicted octanol–water partition coefficient (Wildman–Crippen LogP) is 5.30. The summed E-state index contributed by atoms with van der Waals surface area (Å²) < 4.78 is 7.21. The predicted molar refractivity (Wildman–Crippen MR) is 97.8 cm³/mol. The number of rotatable bonds is 5. The normalized spacial score (nSPS) is 12.3. The monoisotopic (exact) mass is 361 g/mol. The van der Waals surface area contributed by atoms with E-state index in [2.05, 4.69) is 0 Å². The van der Waals surface area contributed by atoms with Crippen molar-refractivity contribution in [3.05, 3.63) is 70.3 Å². The first-order valence-corrected chi connectivity index (χ1v) is 8.51. The Labute approximate surface area is 150 Å². The van der Waals surface area contributed by atoms with E-state index < -0.39 is 6.04 Å². The molecule has 2 aromatic carbocycles. The summed E-state index contributed by atoms with van der Waals surface area (Å²) in [7, 11) is 0. The van der Waals surface area contributed by atoms with Crippen molar-refractivity contribution in [2.45, 2.75) is 19.4 Å². The third-order valence-corrected chi connectivity index (χ3v) is 4.41. The summed E-state index contributed by atoms with van der Waals surface area (Å²) in [5.74, 6) is -0.259. The molecule has 0 saturated carbocycles. The summed E-state index contributed by atoms with van der Waals surface area (Å²) in [6.07, 6.45) is 2.42. The number of benzene rings is 2. The van der Waals surface area contributed by atoms with Crippen LogP contribution in [0.4, 0.5) is 0 Å². The number of ether oxygens (including phenoxy) is 1. The number of carbonyl (C=O) groups is 1. The van der Waals surface area contributed by atoms with Crippen LogP contribution in [0.5, 0.6) is 0 Å². The standard InChI is InChI=1S/C19H17Cl2NO2/c1-2-24-19(23)18(11-13-3-6-15(20)7-4-13)22-10-9-14-5-8-16(21)12-17(14)22/h3-10,12,18H,2,11H2,1H3. The zero-order valence-corrected chi connectivity index (χ0v) is 14.7. The highest BCUT2D eigenvalue weighted by Crippen LogP contribution is 2.27. The minimum absolute atomic E-state index is 0.259. The van der Waals surface area contributed by atoms with Crippen LogP contribution < -0.4 is 0 Å². The molecule has 0 saturated heterocycles. The number of carbonyl (C=O) groups excluding carboxylic acids is 1. The molecule has 1 unspecified atom stereocenters. The number of esters is 1. The summed E-state index contributed by atoms with van der Waals surface area (Å²) in [5, 5.41) is 2.34. The van der Waals surface area contributed by atoms with Gasteiger partial charge in [-0.15, -0.1) is 0 Å². The number of halogens is 2. The van der Waals surface area contributed by atoms with E-state index in [4.69, 9.17) is 27.9 Å². The Balaban J connectivity index is 2.01. The first-order chi connectivity index (χ1) is 11.6. The molecule has 3 nitrogen and oxygen atoms in total. The molecule has 0 aliphatic heterocycles. The lowest BCUT2D eigenvalue weighted by molar-refractivity contribution is -0.147. The quantitative estimate of drug-likeness (QED) is 0.577. The highest BCUT2D eigenvalue weighted by Gasteiger charge is 2.23. The molecule has 3 aromatic rings. The van der Waals surface area contributed by atoms with E-state index in [-0.39, 0.29) is 5.97 Å². The van der Waals surface area contributed by atoms with Gasteiger partial charge in [0.1, 0.15) is 6.04 Å². The minimum atomic E-state index is -0.456. The molecule has 124 valence electrons. The van der Waals surface area contributed by atoms with Crippen LogP contribution in [0.1, 0.15) is 18.5 Å². The fourth-order valence-electron chi connectivity index (χ4n) is 2.77. The van der Waals surface area contributed by atoms with Gasteiger partial charge in [0.2, 0.25) is 0 Å². The average molecular weight is 362 g/mol. The molecular formula is C19H17Cl2NO2. The molecule has 3 rings (SSSR count). The second-order valence-electron chi connectivity index (χ2n) is 5.52. The van der Waals surface area contributed by atoms with Gasteiger partial charge in [-0.1, -0.05) is 41.4 Å². The van der Waals surface area contributed by atoms with Gasteiger partial charge in [-0.05, 0) is 48.2 Å². The topological polar surface area (TPSA) is 31.2 Å². The maximum atomic E-state index is 12.5. The Bertz CT molecular complexity index is 855. The molecular weight excluding hydrogens is 345 g/mol. The zero-order chi connectivity index (χ0) is 17.1. The summed E-state index contributed by atoms with van der Waals surface area (Å²) in [6, 6.07) is 14.7. The molecule has 0 bridgehead atoms. The Morgan fingerprint density at radius 1 is 1.08 bits per heavy atom. The smallest absolute Gasteiger partial charge is 0.329 e. The van der Waals surface area contributed by atoms with Crippen molar-refractivity contribution in [2.75, 3.05) is 6.61 Å². The van der Waals surface area contributed by atoms with Crippen LogP contribution in [-0.4, -0.2) is 17.1 Å². The van der Waals surface area contributed by atoms with Crippen LogP contribution in [0, 0.1) is 0 Å². The van der Waals surface area contributed by atoms with E-state index in [9.17, 15) is 4.79 Å². The van der Waals surface area contributed by atoms with E-state index in [0.29, 0.717) is 23.1 Å². The van der Waals surface area contributed by atoms with E-state index >= 15 is 0 Å². The summed E-state index contributed by atoms with van der Waals surface area (Å²) >= 11 is 12.1. The van der Waals surface area contributed by atoms with E-state index in [1.165, 1.54) is 0 Å². The lowest BCUT2D eigenvalue weighted by Gasteiger charge is -2.19. The Morgan fingerprint density at radius 2 is 1.79 bits per heavy atom. The number of aromatic nitrogens is 1. The second kappa shape index (κ2) is 7.29. The van der Waals surface area contributed by atoms with Crippen molar-refractivity contribution in [1.82, 2.24) is 4.57 Å². The third kappa shape index (κ3) is 3.58. The minimum Gasteiger partial charge on any atom is -0.464 e. The molecule has 5 heteroatoms. The van der Waals surface area contributed by atoms with E-state index in [1.807, 2.05) is 66.2 Å². The summed E-state index contributed by atoms with van der Waals surface area (Å²) in [6.45, 7) is 2.15. The van der Waals surface area contributed by atoms with Gasteiger partial charge in [-0.3, -0.25) is 0 Å². The molecule has 0 amide bonds. The first-order valence-electron chi connectivity index (χ1n) is 7.75. The fourth-order valence-corrected chi connectivity index (χ4v) is 3.06.